The van der Waals surface area contributed by atoms with Gasteiger partial charge in [0, 0.05) is 12.6 Å². The van der Waals surface area contributed by atoms with Crippen molar-refractivity contribution < 1.29 is 22.0 Å². The summed E-state index contributed by atoms with van der Waals surface area (Å²) in [6.45, 7) is -0.0537. The zero-order chi connectivity index (χ0) is 15.6. The molecular weight excluding hydrogens is 357 g/mol. The molecule has 0 fully saturated rings. The maximum atomic E-state index is 13.6. The maximum absolute atomic E-state index is 13.6. The molecule has 2 aromatic carbocycles. The molecule has 7 heteroatoms. The lowest BCUT2D eigenvalue weighted by molar-refractivity contribution is -0.137. The van der Waals surface area contributed by atoms with Crippen LogP contribution < -0.4 is 5.32 Å². The fourth-order valence-corrected chi connectivity index (χ4v) is 2.03. The van der Waals surface area contributed by atoms with Crippen molar-refractivity contribution in [3.05, 3.63) is 63.6 Å². The molecule has 0 aliphatic rings. The first-order valence-electron chi connectivity index (χ1n) is 5.82. The minimum absolute atomic E-state index is 0.0235. The summed E-state index contributed by atoms with van der Waals surface area (Å²) in [6, 6.07) is 6.52. The first-order chi connectivity index (χ1) is 9.77. The third-order valence-electron chi connectivity index (χ3n) is 2.75. The summed E-state index contributed by atoms with van der Waals surface area (Å²) < 4.78 is 64.5. The van der Waals surface area contributed by atoms with Gasteiger partial charge in [-0.05, 0) is 39.7 Å². The number of rotatable bonds is 3. The Hall–Kier alpha value is -1.63. The quantitative estimate of drug-likeness (QED) is 0.570. The van der Waals surface area contributed by atoms with Crippen molar-refractivity contribution in [3.8, 4) is 0 Å². The Bertz CT molecular complexity index is 654. The van der Waals surface area contributed by atoms with Crippen molar-refractivity contribution in [2.45, 2.75) is 12.7 Å². The molecule has 112 valence electrons. The molecule has 0 heterocycles. The molecule has 0 aliphatic heterocycles. The summed E-state index contributed by atoms with van der Waals surface area (Å²) in [4.78, 5) is 0. The van der Waals surface area contributed by atoms with Gasteiger partial charge in [-0.15, -0.1) is 0 Å². The van der Waals surface area contributed by atoms with Crippen LogP contribution >= 0.6 is 15.9 Å². The summed E-state index contributed by atoms with van der Waals surface area (Å²) in [7, 11) is 0. The van der Waals surface area contributed by atoms with E-state index >= 15 is 0 Å². The predicted molar refractivity (Wildman–Crippen MR) is 72.8 cm³/mol. The number of benzene rings is 2. The molecule has 0 aromatic heterocycles. The largest absolute Gasteiger partial charge is 0.416 e. The zero-order valence-electron chi connectivity index (χ0n) is 10.4. The minimum atomic E-state index is -4.44. The van der Waals surface area contributed by atoms with Gasteiger partial charge in [-0.1, -0.05) is 12.1 Å². The third-order valence-corrected chi connectivity index (χ3v) is 3.35. The van der Waals surface area contributed by atoms with Crippen molar-refractivity contribution in [1.29, 1.82) is 0 Å². The van der Waals surface area contributed by atoms with E-state index in [-0.39, 0.29) is 16.7 Å². The molecule has 0 spiro atoms. The van der Waals surface area contributed by atoms with E-state index in [1.165, 1.54) is 12.1 Å². The monoisotopic (exact) mass is 365 g/mol. The summed E-state index contributed by atoms with van der Waals surface area (Å²) >= 11 is 2.84. The molecule has 0 amide bonds. The van der Waals surface area contributed by atoms with Crippen LogP contribution in [0.15, 0.2) is 40.9 Å². The highest BCUT2D eigenvalue weighted by atomic mass is 79.9. The molecule has 2 rings (SSSR count). The van der Waals surface area contributed by atoms with Crippen LogP contribution in [0.3, 0.4) is 0 Å². The standard InChI is InChI=1S/C14H9BrF5N/c15-10-5-12(17)13(6-11(10)16)21-7-8-2-1-3-9(4-8)14(18,19)20/h1-6,21H,7H2. The lowest BCUT2D eigenvalue weighted by Gasteiger charge is -2.11. The van der Waals surface area contributed by atoms with Gasteiger partial charge in [0.05, 0.1) is 15.7 Å². The highest BCUT2D eigenvalue weighted by Gasteiger charge is 2.30. The van der Waals surface area contributed by atoms with Crippen LogP contribution in [0.5, 0.6) is 0 Å². The number of hydrogen-bond donors (Lipinski definition) is 1. The first-order valence-corrected chi connectivity index (χ1v) is 6.61. The van der Waals surface area contributed by atoms with Gasteiger partial charge in [0.15, 0.2) is 0 Å². The van der Waals surface area contributed by atoms with Crippen LogP contribution in [0.25, 0.3) is 0 Å². The average Bonchev–Trinajstić information content (AvgIpc) is 2.41. The number of nitrogens with one attached hydrogen (secondary N) is 1. The molecule has 0 unspecified atom stereocenters. The van der Waals surface area contributed by atoms with Crippen LogP contribution in [0.1, 0.15) is 11.1 Å². The average molecular weight is 366 g/mol. The molecule has 1 nitrogen and oxygen atoms in total. The van der Waals surface area contributed by atoms with E-state index in [2.05, 4.69) is 21.2 Å². The Labute approximate surface area is 125 Å². The van der Waals surface area contributed by atoms with Crippen LogP contribution in [0.4, 0.5) is 27.6 Å². The predicted octanol–water partition coefficient (Wildman–Crippen LogP) is 5.36. The molecule has 0 atom stereocenters. The van der Waals surface area contributed by atoms with E-state index in [4.69, 9.17) is 0 Å². The molecule has 0 aliphatic carbocycles. The number of halogens is 6. The molecule has 21 heavy (non-hydrogen) atoms. The van der Waals surface area contributed by atoms with Gasteiger partial charge in [0.1, 0.15) is 11.6 Å². The highest BCUT2D eigenvalue weighted by Crippen LogP contribution is 2.30. The summed E-state index contributed by atoms with van der Waals surface area (Å²) in [5.41, 5.74) is -0.593. The second-order valence-corrected chi connectivity index (χ2v) is 5.15. The Morgan fingerprint density at radius 1 is 1.00 bits per heavy atom. The van der Waals surface area contributed by atoms with E-state index < -0.39 is 23.4 Å². The fourth-order valence-electron chi connectivity index (χ4n) is 1.71. The summed E-state index contributed by atoms with van der Waals surface area (Å²) in [5, 5.41) is 2.57. The SMILES string of the molecule is Fc1cc(NCc2cccc(C(F)(F)F)c2)c(F)cc1Br. The topological polar surface area (TPSA) is 12.0 Å². The number of anilines is 1. The fraction of sp³-hybridized carbons (Fsp3) is 0.143. The number of alkyl halides is 3. The second kappa shape index (κ2) is 6.01. The van der Waals surface area contributed by atoms with Crippen LogP contribution in [0.2, 0.25) is 0 Å². The molecule has 2 aromatic rings. The lowest BCUT2D eigenvalue weighted by atomic mass is 10.1. The summed E-state index contributed by atoms with van der Waals surface area (Å²) in [5.74, 6) is -1.36. The van der Waals surface area contributed by atoms with E-state index in [9.17, 15) is 22.0 Å². The van der Waals surface area contributed by atoms with Gasteiger partial charge in [0.2, 0.25) is 0 Å². The van der Waals surface area contributed by atoms with Gasteiger partial charge in [-0.25, -0.2) is 8.78 Å². The van der Waals surface area contributed by atoms with Crippen molar-refractivity contribution in [1.82, 2.24) is 0 Å². The van der Waals surface area contributed by atoms with E-state index in [0.717, 1.165) is 24.3 Å². The van der Waals surface area contributed by atoms with Crippen molar-refractivity contribution in [2.24, 2.45) is 0 Å². The van der Waals surface area contributed by atoms with Gasteiger partial charge >= 0.3 is 6.18 Å². The third kappa shape index (κ3) is 3.93. The Morgan fingerprint density at radius 3 is 2.38 bits per heavy atom. The highest BCUT2D eigenvalue weighted by molar-refractivity contribution is 9.10. The lowest BCUT2D eigenvalue weighted by Crippen LogP contribution is -2.07. The molecule has 0 saturated heterocycles. The maximum Gasteiger partial charge on any atom is 0.416 e. The Balaban J connectivity index is 2.15. The first kappa shape index (κ1) is 15.8. The van der Waals surface area contributed by atoms with Crippen LogP contribution in [0, 0.1) is 11.6 Å². The minimum Gasteiger partial charge on any atom is -0.379 e. The van der Waals surface area contributed by atoms with Crippen molar-refractivity contribution in [3.63, 3.8) is 0 Å². The van der Waals surface area contributed by atoms with Gasteiger partial charge in [-0.3, -0.25) is 0 Å². The van der Waals surface area contributed by atoms with Gasteiger partial charge in [-0.2, -0.15) is 13.2 Å². The van der Waals surface area contributed by atoms with E-state index in [1.54, 1.807) is 0 Å². The van der Waals surface area contributed by atoms with E-state index in [0.29, 0.717) is 5.56 Å². The van der Waals surface area contributed by atoms with Crippen LogP contribution in [-0.4, -0.2) is 0 Å². The molecule has 0 saturated carbocycles. The smallest absolute Gasteiger partial charge is 0.379 e. The Kier molecular flexibility index (Phi) is 4.51. The molecular formula is C14H9BrF5N. The molecule has 1 N–H and O–H groups in total. The van der Waals surface area contributed by atoms with Crippen LogP contribution in [-0.2, 0) is 12.7 Å². The zero-order valence-corrected chi connectivity index (χ0v) is 12.0. The second-order valence-electron chi connectivity index (χ2n) is 4.30. The van der Waals surface area contributed by atoms with Gasteiger partial charge < -0.3 is 5.32 Å². The summed E-state index contributed by atoms with van der Waals surface area (Å²) in [6.07, 6.45) is -4.44. The van der Waals surface area contributed by atoms with Gasteiger partial charge in [0.25, 0.3) is 0 Å². The molecule has 0 bridgehead atoms. The Morgan fingerprint density at radius 2 is 1.71 bits per heavy atom. The molecule has 0 radical (unpaired) electrons. The van der Waals surface area contributed by atoms with Crippen molar-refractivity contribution >= 4 is 21.6 Å². The van der Waals surface area contributed by atoms with Crippen molar-refractivity contribution in [2.75, 3.05) is 5.32 Å². The number of hydrogen-bond acceptors (Lipinski definition) is 1. The van der Waals surface area contributed by atoms with E-state index in [1.807, 2.05) is 0 Å². The normalized spacial score (nSPS) is 11.5.